The summed E-state index contributed by atoms with van der Waals surface area (Å²) in [6.45, 7) is 18.3. The molecule has 0 atom stereocenters. The summed E-state index contributed by atoms with van der Waals surface area (Å²) in [5.74, 6) is 1.33. The van der Waals surface area contributed by atoms with Gasteiger partial charge in [0.2, 0.25) is 0 Å². The van der Waals surface area contributed by atoms with Gasteiger partial charge in [-0.25, -0.2) is 0 Å². The van der Waals surface area contributed by atoms with Gasteiger partial charge in [0.1, 0.15) is 0 Å². The fourth-order valence-corrected chi connectivity index (χ4v) is 9.61. The maximum atomic E-state index is 3.71. The maximum Gasteiger partial charge on any atom is 0.0387 e. The molecule has 2 nitrogen and oxygen atoms in total. The van der Waals surface area contributed by atoms with E-state index >= 15 is 0 Å². The number of hydrogen-bond donors (Lipinski definition) is 2. The zero-order chi connectivity index (χ0) is 46.4. The molecule has 7 aromatic rings. The molecule has 0 unspecified atom stereocenters. The van der Waals surface area contributed by atoms with E-state index in [0.29, 0.717) is 11.8 Å². The SMILES string of the molecule is CCCCCCc1cc(-c2ccc(Nc3ccc(-c4ccc(CC(C)C)cc4)cc3)cc2C)c(CCCCCC)cc1-c1ccc(Nc2ccc(-c3ccc(CC(C)C)cc3)cc2)cc1C. The number of nitrogens with one attached hydrogen (secondary N) is 2. The molecule has 0 aliphatic heterocycles. The van der Waals surface area contributed by atoms with Crippen molar-refractivity contribution in [2.45, 2.75) is 132 Å². The summed E-state index contributed by atoms with van der Waals surface area (Å²) in [6, 6.07) is 54.9. The molecule has 0 aliphatic carbocycles. The highest BCUT2D eigenvalue weighted by Crippen LogP contribution is 2.39. The third kappa shape index (κ3) is 13.2. The summed E-state index contributed by atoms with van der Waals surface area (Å²) >= 11 is 0. The van der Waals surface area contributed by atoms with Gasteiger partial charge in [-0.05, 0) is 191 Å². The van der Waals surface area contributed by atoms with Crippen LogP contribution in [0, 0.1) is 25.7 Å². The van der Waals surface area contributed by atoms with Crippen molar-refractivity contribution in [2.24, 2.45) is 11.8 Å². The molecule has 0 spiro atoms. The Hall–Kier alpha value is -5.86. The van der Waals surface area contributed by atoms with Crippen molar-refractivity contribution >= 4 is 22.7 Å². The largest absolute Gasteiger partial charge is 0.356 e. The minimum Gasteiger partial charge on any atom is -0.356 e. The molecule has 342 valence electrons. The lowest BCUT2D eigenvalue weighted by Crippen LogP contribution is -2.01. The summed E-state index contributed by atoms with van der Waals surface area (Å²) in [5, 5.41) is 7.43. The Morgan fingerprint density at radius 2 is 0.682 bits per heavy atom. The van der Waals surface area contributed by atoms with Crippen LogP contribution in [0.15, 0.2) is 146 Å². The molecule has 0 radical (unpaired) electrons. The van der Waals surface area contributed by atoms with Gasteiger partial charge in [-0.2, -0.15) is 0 Å². The second-order valence-corrected chi connectivity index (χ2v) is 19.8. The number of hydrogen-bond acceptors (Lipinski definition) is 2. The third-order valence-corrected chi connectivity index (χ3v) is 13.2. The molecule has 7 rings (SSSR count). The van der Waals surface area contributed by atoms with Gasteiger partial charge in [0.15, 0.2) is 0 Å². The number of benzene rings is 7. The van der Waals surface area contributed by atoms with Crippen LogP contribution in [0.2, 0.25) is 0 Å². The van der Waals surface area contributed by atoms with Crippen molar-refractivity contribution in [2.75, 3.05) is 10.6 Å². The van der Waals surface area contributed by atoms with Crippen LogP contribution in [0.5, 0.6) is 0 Å². The van der Waals surface area contributed by atoms with E-state index in [9.17, 15) is 0 Å². The van der Waals surface area contributed by atoms with E-state index in [2.05, 4.69) is 212 Å². The van der Waals surface area contributed by atoms with Gasteiger partial charge in [0.05, 0.1) is 0 Å². The standard InChI is InChI=1S/C64H76N2/c1-9-11-13-15-17-55-43-64(62-38-36-60(42-48(62)8)66-58-33-29-54(30-34-58)52-25-21-50(22-26-52)40-46(5)6)56(18-16-14-12-10-2)44-63(55)61-37-35-59(41-47(61)7)65-57-31-27-53(28-32-57)51-23-19-49(20-24-51)39-45(3)4/h19-38,41-46,65-66H,9-18,39-40H2,1-8H3. The monoisotopic (exact) mass is 873 g/mol. The van der Waals surface area contributed by atoms with E-state index in [-0.39, 0.29) is 0 Å². The molecule has 0 aromatic heterocycles. The summed E-state index contributed by atoms with van der Waals surface area (Å²) in [4.78, 5) is 0. The average Bonchev–Trinajstić information content (AvgIpc) is 3.30. The fourth-order valence-electron chi connectivity index (χ4n) is 9.61. The van der Waals surface area contributed by atoms with Crippen molar-refractivity contribution in [3.8, 4) is 44.5 Å². The van der Waals surface area contributed by atoms with Crippen molar-refractivity contribution in [1.29, 1.82) is 0 Å². The second-order valence-electron chi connectivity index (χ2n) is 19.8. The molecule has 0 aliphatic rings. The molecular formula is C64H76N2. The number of rotatable bonds is 22. The van der Waals surface area contributed by atoms with Crippen molar-refractivity contribution < 1.29 is 0 Å². The van der Waals surface area contributed by atoms with Gasteiger partial charge in [0, 0.05) is 22.7 Å². The normalized spacial score (nSPS) is 11.4. The number of unbranched alkanes of at least 4 members (excludes halogenated alkanes) is 6. The van der Waals surface area contributed by atoms with Gasteiger partial charge in [-0.3, -0.25) is 0 Å². The van der Waals surface area contributed by atoms with Crippen LogP contribution in [0.25, 0.3) is 44.5 Å². The summed E-state index contributed by atoms with van der Waals surface area (Å²) < 4.78 is 0. The molecule has 0 bridgehead atoms. The Labute approximate surface area is 399 Å². The lowest BCUT2D eigenvalue weighted by molar-refractivity contribution is 0.647. The van der Waals surface area contributed by atoms with Gasteiger partial charge in [-0.1, -0.05) is 177 Å². The zero-order valence-electron chi connectivity index (χ0n) is 41.5. The Morgan fingerprint density at radius 3 is 1.00 bits per heavy atom. The van der Waals surface area contributed by atoms with Crippen LogP contribution < -0.4 is 10.6 Å². The van der Waals surface area contributed by atoms with Crippen molar-refractivity contribution in [1.82, 2.24) is 0 Å². The van der Waals surface area contributed by atoms with E-state index in [1.54, 1.807) is 0 Å². The van der Waals surface area contributed by atoms with Crippen LogP contribution >= 0.6 is 0 Å². The number of anilines is 4. The lowest BCUT2D eigenvalue weighted by atomic mass is 9.85. The summed E-state index contributed by atoms with van der Waals surface area (Å²) in [7, 11) is 0. The van der Waals surface area contributed by atoms with E-state index in [1.807, 2.05) is 0 Å². The Balaban J connectivity index is 1.13. The summed E-state index contributed by atoms with van der Waals surface area (Å²) in [5.41, 5.74) is 23.3. The van der Waals surface area contributed by atoms with Crippen LogP contribution in [0.4, 0.5) is 22.7 Å². The second kappa shape index (κ2) is 23.5. The molecule has 0 amide bonds. The van der Waals surface area contributed by atoms with Gasteiger partial charge in [0.25, 0.3) is 0 Å². The quantitative estimate of drug-likeness (QED) is 0.0663. The highest BCUT2D eigenvalue weighted by Gasteiger charge is 2.17. The smallest absolute Gasteiger partial charge is 0.0387 e. The highest BCUT2D eigenvalue weighted by atomic mass is 14.9. The molecular weight excluding hydrogens is 797 g/mol. The number of aryl methyl sites for hydroxylation is 4. The maximum absolute atomic E-state index is 3.71. The van der Waals surface area contributed by atoms with Crippen LogP contribution in [-0.4, -0.2) is 0 Å². The van der Waals surface area contributed by atoms with Crippen molar-refractivity contribution in [3.05, 3.63) is 179 Å². The third-order valence-electron chi connectivity index (χ3n) is 13.2. The van der Waals surface area contributed by atoms with Gasteiger partial charge in [-0.15, -0.1) is 0 Å². The minimum absolute atomic E-state index is 0.664. The summed E-state index contributed by atoms with van der Waals surface area (Å²) in [6.07, 6.45) is 14.4. The molecule has 0 saturated heterocycles. The van der Waals surface area contributed by atoms with Crippen LogP contribution in [-0.2, 0) is 25.7 Å². The molecule has 2 heteroatoms. The van der Waals surface area contributed by atoms with Crippen LogP contribution in [0.1, 0.15) is 126 Å². The first-order valence-electron chi connectivity index (χ1n) is 25.4. The van der Waals surface area contributed by atoms with Gasteiger partial charge >= 0.3 is 0 Å². The first-order valence-corrected chi connectivity index (χ1v) is 25.4. The Morgan fingerprint density at radius 1 is 0.348 bits per heavy atom. The van der Waals surface area contributed by atoms with Crippen LogP contribution in [0.3, 0.4) is 0 Å². The molecule has 7 aromatic carbocycles. The average molecular weight is 873 g/mol. The zero-order valence-corrected chi connectivity index (χ0v) is 41.5. The molecule has 0 heterocycles. The van der Waals surface area contributed by atoms with Gasteiger partial charge < -0.3 is 10.6 Å². The van der Waals surface area contributed by atoms with E-state index in [1.165, 1.54) is 129 Å². The molecule has 0 fully saturated rings. The predicted octanol–water partition coefficient (Wildman–Crippen LogP) is 19.1. The predicted molar refractivity (Wildman–Crippen MR) is 290 cm³/mol. The van der Waals surface area contributed by atoms with E-state index in [4.69, 9.17) is 0 Å². The lowest BCUT2D eigenvalue weighted by Gasteiger charge is -2.21. The first-order chi connectivity index (χ1) is 32.1. The molecule has 2 N–H and O–H groups in total. The van der Waals surface area contributed by atoms with E-state index in [0.717, 1.165) is 48.4 Å². The van der Waals surface area contributed by atoms with E-state index < -0.39 is 0 Å². The molecule has 0 saturated carbocycles. The topological polar surface area (TPSA) is 24.1 Å². The minimum atomic E-state index is 0.664. The van der Waals surface area contributed by atoms with Crippen molar-refractivity contribution in [3.63, 3.8) is 0 Å². The molecule has 66 heavy (non-hydrogen) atoms. The highest BCUT2D eigenvalue weighted by molar-refractivity contribution is 5.82. The fraction of sp³-hybridized carbons (Fsp3) is 0.344. The Bertz CT molecular complexity index is 2410. The Kier molecular flexibility index (Phi) is 17.2. The first kappa shape index (κ1) is 48.1.